The molecule has 0 unspecified atom stereocenters. The van der Waals surface area contributed by atoms with Gasteiger partial charge in [-0.1, -0.05) is 0 Å². The predicted octanol–water partition coefficient (Wildman–Crippen LogP) is 0.335. The van der Waals surface area contributed by atoms with Gasteiger partial charge in [0.2, 0.25) is 0 Å². The van der Waals surface area contributed by atoms with Crippen LogP contribution in [0.15, 0.2) is 40.1 Å². The number of hydrogen-bond donors (Lipinski definition) is 1. The van der Waals surface area contributed by atoms with E-state index in [1.165, 1.54) is 23.9 Å². The van der Waals surface area contributed by atoms with Crippen LogP contribution in [0, 0.1) is 6.07 Å². The maximum absolute atomic E-state index is 11.5. The lowest BCUT2D eigenvalue weighted by Crippen LogP contribution is -2.27. The second kappa shape index (κ2) is 4.06. The van der Waals surface area contributed by atoms with Gasteiger partial charge in [-0.15, -0.1) is 0 Å². The van der Waals surface area contributed by atoms with Crippen molar-refractivity contribution in [3.8, 4) is 11.4 Å². The average molecular weight is 217 g/mol. The fourth-order valence-electron chi connectivity index (χ4n) is 1.30. The fourth-order valence-corrected chi connectivity index (χ4v) is 1.30. The zero-order chi connectivity index (χ0) is 11.5. The van der Waals surface area contributed by atoms with E-state index in [0.717, 1.165) is 0 Å². The summed E-state index contributed by atoms with van der Waals surface area (Å²) in [6.45, 7) is 0. The molecule has 81 valence electrons. The number of methoxy groups -OCH3 is 1. The third-order valence-electron chi connectivity index (χ3n) is 2.09. The van der Waals surface area contributed by atoms with Gasteiger partial charge in [0.15, 0.2) is 0 Å². The molecule has 16 heavy (non-hydrogen) atoms. The summed E-state index contributed by atoms with van der Waals surface area (Å²) < 4.78 is 6.27. The van der Waals surface area contributed by atoms with Crippen molar-refractivity contribution in [2.75, 3.05) is 7.11 Å². The van der Waals surface area contributed by atoms with E-state index >= 15 is 0 Å². The van der Waals surface area contributed by atoms with Gasteiger partial charge < -0.3 is 4.74 Å². The highest BCUT2D eigenvalue weighted by molar-refractivity contribution is 5.36. The Balaban J connectivity index is 2.50. The van der Waals surface area contributed by atoms with Crippen LogP contribution in [0.1, 0.15) is 0 Å². The van der Waals surface area contributed by atoms with Gasteiger partial charge in [0, 0.05) is 18.3 Å². The van der Waals surface area contributed by atoms with Crippen LogP contribution < -0.4 is 16.0 Å². The summed E-state index contributed by atoms with van der Waals surface area (Å²) in [5, 5.41) is 0. The standard InChI is InChI=1S/C11H9N2O3/c1-16-9-4-2-8(3-5-9)13-7-6-10(14)12-11(13)15/h2-4,6-7H,1H3,(H,12,14,15). The zero-order valence-corrected chi connectivity index (χ0v) is 8.56. The molecule has 1 aromatic carbocycles. The SMILES string of the molecule is COc1[c]cc(-n2ccc(=O)[nH]c2=O)cc1. The molecule has 1 radical (unpaired) electrons. The number of benzene rings is 1. The van der Waals surface area contributed by atoms with Gasteiger partial charge in [-0.2, -0.15) is 0 Å². The first-order valence-corrected chi connectivity index (χ1v) is 4.59. The maximum atomic E-state index is 11.5. The van der Waals surface area contributed by atoms with Gasteiger partial charge in [-0.3, -0.25) is 14.3 Å². The molecule has 2 rings (SSSR count). The Kier molecular flexibility index (Phi) is 2.59. The number of H-pyrrole nitrogens is 1. The molecular formula is C11H9N2O3. The van der Waals surface area contributed by atoms with Gasteiger partial charge >= 0.3 is 5.69 Å². The Hall–Kier alpha value is -2.30. The van der Waals surface area contributed by atoms with Gasteiger partial charge in [0.1, 0.15) is 5.75 Å². The molecule has 0 saturated carbocycles. The van der Waals surface area contributed by atoms with E-state index in [2.05, 4.69) is 11.1 Å². The van der Waals surface area contributed by atoms with Crippen LogP contribution in [0.5, 0.6) is 5.75 Å². The van der Waals surface area contributed by atoms with E-state index in [1.807, 2.05) is 0 Å². The van der Waals surface area contributed by atoms with Crippen LogP contribution in [0.2, 0.25) is 0 Å². The van der Waals surface area contributed by atoms with Crippen molar-refractivity contribution < 1.29 is 4.74 Å². The van der Waals surface area contributed by atoms with Crippen molar-refractivity contribution in [1.29, 1.82) is 0 Å². The Bertz CT molecular complexity index is 596. The second-order valence-electron chi connectivity index (χ2n) is 3.10. The van der Waals surface area contributed by atoms with Gasteiger partial charge in [0.05, 0.1) is 12.8 Å². The molecule has 5 heteroatoms. The summed E-state index contributed by atoms with van der Waals surface area (Å²) in [5.41, 5.74) is -0.285. The minimum atomic E-state index is -0.480. The summed E-state index contributed by atoms with van der Waals surface area (Å²) in [7, 11) is 1.54. The summed E-state index contributed by atoms with van der Waals surface area (Å²) >= 11 is 0. The van der Waals surface area contributed by atoms with Crippen LogP contribution in [0.3, 0.4) is 0 Å². The minimum absolute atomic E-state index is 0.418. The first-order valence-electron chi connectivity index (χ1n) is 4.59. The summed E-state index contributed by atoms with van der Waals surface area (Å²) in [6, 6.07) is 9.14. The lowest BCUT2D eigenvalue weighted by molar-refractivity contribution is 0.414. The monoisotopic (exact) mass is 217 g/mol. The normalized spacial score (nSPS) is 10.1. The van der Waals surface area contributed by atoms with Crippen molar-refractivity contribution in [3.05, 3.63) is 57.4 Å². The zero-order valence-electron chi connectivity index (χ0n) is 8.56. The number of ether oxygens (including phenoxy) is 1. The summed E-state index contributed by atoms with van der Waals surface area (Å²) in [6.07, 6.45) is 1.41. The first-order chi connectivity index (χ1) is 7.70. The Morgan fingerprint density at radius 2 is 2.12 bits per heavy atom. The Morgan fingerprint density at radius 3 is 2.69 bits per heavy atom. The molecule has 0 atom stereocenters. The van der Waals surface area contributed by atoms with Gasteiger partial charge in [0.25, 0.3) is 5.56 Å². The highest BCUT2D eigenvalue weighted by Crippen LogP contribution is 2.11. The maximum Gasteiger partial charge on any atom is 0.332 e. The summed E-state index contributed by atoms with van der Waals surface area (Å²) in [4.78, 5) is 24.5. The highest BCUT2D eigenvalue weighted by atomic mass is 16.5. The predicted molar refractivity (Wildman–Crippen MR) is 58.0 cm³/mol. The van der Waals surface area contributed by atoms with E-state index in [9.17, 15) is 9.59 Å². The van der Waals surface area contributed by atoms with E-state index in [0.29, 0.717) is 11.4 Å². The van der Waals surface area contributed by atoms with E-state index in [-0.39, 0.29) is 0 Å². The number of aromatic amines is 1. The number of nitrogens with one attached hydrogen (secondary N) is 1. The largest absolute Gasteiger partial charge is 0.496 e. The van der Waals surface area contributed by atoms with Gasteiger partial charge in [-0.25, -0.2) is 4.79 Å². The van der Waals surface area contributed by atoms with Crippen molar-refractivity contribution in [2.45, 2.75) is 0 Å². The topological polar surface area (TPSA) is 64.1 Å². The third-order valence-corrected chi connectivity index (χ3v) is 2.09. The molecular weight excluding hydrogens is 208 g/mol. The van der Waals surface area contributed by atoms with Crippen LogP contribution in [-0.4, -0.2) is 16.7 Å². The molecule has 0 fully saturated rings. The molecule has 0 bridgehead atoms. The molecule has 1 aromatic heterocycles. The second-order valence-corrected chi connectivity index (χ2v) is 3.10. The quantitative estimate of drug-likeness (QED) is 0.788. The van der Waals surface area contributed by atoms with Crippen molar-refractivity contribution in [2.24, 2.45) is 0 Å². The lowest BCUT2D eigenvalue weighted by Gasteiger charge is -2.04. The number of rotatable bonds is 2. The summed E-state index contributed by atoms with van der Waals surface area (Å²) in [5.74, 6) is 0.584. The average Bonchev–Trinajstić information content (AvgIpc) is 2.29. The van der Waals surface area contributed by atoms with Crippen LogP contribution in [-0.2, 0) is 0 Å². The van der Waals surface area contributed by atoms with E-state index in [1.54, 1.807) is 18.2 Å². The van der Waals surface area contributed by atoms with Gasteiger partial charge in [-0.05, 0) is 18.2 Å². The molecule has 0 saturated heterocycles. The number of hydrogen-bond acceptors (Lipinski definition) is 3. The van der Waals surface area contributed by atoms with Crippen molar-refractivity contribution in [1.82, 2.24) is 9.55 Å². The van der Waals surface area contributed by atoms with Crippen LogP contribution in [0.25, 0.3) is 5.69 Å². The van der Waals surface area contributed by atoms with Crippen molar-refractivity contribution in [3.63, 3.8) is 0 Å². The minimum Gasteiger partial charge on any atom is -0.496 e. The number of nitrogens with zero attached hydrogens (tertiary/aromatic N) is 1. The lowest BCUT2D eigenvalue weighted by atomic mass is 10.3. The smallest absolute Gasteiger partial charge is 0.332 e. The molecule has 5 nitrogen and oxygen atoms in total. The van der Waals surface area contributed by atoms with Crippen LogP contribution >= 0.6 is 0 Å². The molecule has 0 aliphatic heterocycles. The Morgan fingerprint density at radius 1 is 1.31 bits per heavy atom. The molecule has 1 N–H and O–H groups in total. The first kappa shape index (κ1) is 10.2. The Labute approximate surface area is 90.9 Å². The molecule has 0 aliphatic carbocycles. The fraction of sp³-hybridized carbons (Fsp3) is 0.0909. The van der Waals surface area contributed by atoms with Crippen molar-refractivity contribution >= 4 is 0 Å². The molecule has 2 aromatic rings. The van der Waals surface area contributed by atoms with E-state index < -0.39 is 11.2 Å². The highest BCUT2D eigenvalue weighted by Gasteiger charge is 2.00. The molecule has 0 aliphatic rings. The molecule has 0 spiro atoms. The molecule has 0 amide bonds. The molecule has 1 heterocycles. The number of aromatic nitrogens is 2. The van der Waals surface area contributed by atoms with Crippen LogP contribution in [0.4, 0.5) is 0 Å². The third kappa shape index (κ3) is 1.88. The van der Waals surface area contributed by atoms with E-state index in [4.69, 9.17) is 4.74 Å².